The maximum atomic E-state index is 10.9. The van der Waals surface area contributed by atoms with Gasteiger partial charge < -0.3 is 14.9 Å². The maximum absolute atomic E-state index is 10.9. The summed E-state index contributed by atoms with van der Waals surface area (Å²) in [6.07, 6.45) is 2.69. The van der Waals surface area contributed by atoms with E-state index in [9.17, 15) is 9.67 Å². The van der Waals surface area contributed by atoms with E-state index in [0.717, 1.165) is 30.9 Å². The van der Waals surface area contributed by atoms with E-state index in [2.05, 4.69) is 0 Å². The lowest BCUT2D eigenvalue weighted by atomic mass is 10.1. The molecule has 0 amide bonds. The molecule has 0 aliphatic carbocycles. The zero-order chi connectivity index (χ0) is 11.5. The van der Waals surface area contributed by atoms with Crippen LogP contribution in [0.15, 0.2) is 18.2 Å². The largest absolute Gasteiger partial charge is 0.508 e. The maximum Gasteiger partial charge on any atom is 0.356 e. The second-order valence-corrected chi connectivity index (χ2v) is 5.07. The summed E-state index contributed by atoms with van der Waals surface area (Å²) in [4.78, 5) is 17.8. The molecule has 0 aromatic heterocycles. The van der Waals surface area contributed by atoms with Gasteiger partial charge in [-0.3, -0.25) is 4.57 Å². The van der Waals surface area contributed by atoms with Crippen LogP contribution < -0.4 is 5.30 Å². The van der Waals surface area contributed by atoms with Crippen molar-refractivity contribution in [1.82, 2.24) is 0 Å². The average Bonchev–Trinajstić information content (AvgIpc) is 2.14. The minimum Gasteiger partial charge on any atom is -0.508 e. The molecule has 1 aromatic rings. The van der Waals surface area contributed by atoms with Crippen molar-refractivity contribution < 1.29 is 19.5 Å². The normalized spacial score (nSPS) is 11.7. The molecule has 84 valence electrons. The van der Waals surface area contributed by atoms with Crippen molar-refractivity contribution in [3.05, 3.63) is 23.8 Å². The van der Waals surface area contributed by atoms with Gasteiger partial charge in [-0.15, -0.1) is 0 Å². The van der Waals surface area contributed by atoms with Crippen molar-refractivity contribution >= 4 is 12.9 Å². The highest BCUT2D eigenvalue weighted by Crippen LogP contribution is 2.34. The van der Waals surface area contributed by atoms with Crippen molar-refractivity contribution in [1.29, 1.82) is 0 Å². The Labute approximate surface area is 88.7 Å². The van der Waals surface area contributed by atoms with Crippen molar-refractivity contribution in [2.45, 2.75) is 26.2 Å². The van der Waals surface area contributed by atoms with E-state index >= 15 is 0 Å². The summed E-state index contributed by atoms with van der Waals surface area (Å²) in [5.41, 5.74) is 0.731. The number of hydrogen-bond donors (Lipinski definition) is 3. The second-order valence-electron chi connectivity index (χ2n) is 3.46. The number of phenols is 1. The van der Waals surface area contributed by atoms with Gasteiger partial charge in [0.25, 0.3) is 0 Å². The van der Waals surface area contributed by atoms with Crippen molar-refractivity contribution in [2.24, 2.45) is 0 Å². The SMILES string of the molecule is CCCCc1ccc(P(=O)(O)O)cc1O. The predicted molar refractivity (Wildman–Crippen MR) is 58.4 cm³/mol. The second kappa shape index (κ2) is 4.79. The fraction of sp³-hybridized carbons (Fsp3) is 0.400. The van der Waals surface area contributed by atoms with Crippen LogP contribution in [0.5, 0.6) is 5.75 Å². The van der Waals surface area contributed by atoms with Gasteiger partial charge in [-0.1, -0.05) is 19.4 Å². The van der Waals surface area contributed by atoms with Crippen LogP contribution in [0.2, 0.25) is 0 Å². The first-order valence-electron chi connectivity index (χ1n) is 4.83. The number of phenolic OH excluding ortho intramolecular Hbond substituents is 1. The van der Waals surface area contributed by atoms with Gasteiger partial charge in [-0.25, -0.2) is 0 Å². The highest BCUT2D eigenvalue weighted by Gasteiger charge is 2.18. The van der Waals surface area contributed by atoms with Crippen LogP contribution in [0.3, 0.4) is 0 Å². The molecule has 0 radical (unpaired) electrons. The van der Waals surface area contributed by atoms with Crippen LogP contribution in [-0.2, 0) is 11.0 Å². The van der Waals surface area contributed by atoms with E-state index in [-0.39, 0.29) is 11.1 Å². The molecule has 0 spiro atoms. The van der Waals surface area contributed by atoms with Gasteiger partial charge >= 0.3 is 7.60 Å². The minimum atomic E-state index is -4.25. The average molecular weight is 230 g/mol. The number of unbranched alkanes of at least 4 members (excludes halogenated alkanes) is 1. The fourth-order valence-electron chi connectivity index (χ4n) is 1.31. The molecule has 5 heteroatoms. The Morgan fingerprint density at radius 1 is 1.33 bits per heavy atom. The molecule has 0 fully saturated rings. The van der Waals surface area contributed by atoms with E-state index in [0.29, 0.717) is 0 Å². The van der Waals surface area contributed by atoms with E-state index in [4.69, 9.17) is 9.79 Å². The highest BCUT2D eigenvalue weighted by atomic mass is 31.2. The number of hydrogen-bond acceptors (Lipinski definition) is 2. The summed E-state index contributed by atoms with van der Waals surface area (Å²) in [5, 5.41) is 9.40. The Morgan fingerprint density at radius 2 is 2.00 bits per heavy atom. The van der Waals surface area contributed by atoms with E-state index < -0.39 is 7.60 Å². The van der Waals surface area contributed by atoms with Crippen molar-refractivity contribution in [3.63, 3.8) is 0 Å². The minimum absolute atomic E-state index is 0.0377. The molecule has 4 nitrogen and oxygen atoms in total. The molecule has 0 bridgehead atoms. The molecule has 0 aliphatic rings. The van der Waals surface area contributed by atoms with Crippen molar-refractivity contribution in [2.75, 3.05) is 0 Å². The van der Waals surface area contributed by atoms with Gasteiger partial charge in [0.2, 0.25) is 0 Å². The Bertz CT molecular complexity index is 383. The van der Waals surface area contributed by atoms with Crippen molar-refractivity contribution in [3.8, 4) is 5.75 Å². The van der Waals surface area contributed by atoms with Gasteiger partial charge in [0.1, 0.15) is 5.75 Å². The summed E-state index contributed by atoms with van der Waals surface area (Å²) in [7, 11) is -4.25. The number of aromatic hydroxyl groups is 1. The Balaban J connectivity index is 2.93. The van der Waals surface area contributed by atoms with Crippen LogP contribution in [0.1, 0.15) is 25.3 Å². The van der Waals surface area contributed by atoms with E-state index in [1.807, 2.05) is 6.92 Å². The van der Waals surface area contributed by atoms with Gasteiger partial charge in [0.15, 0.2) is 0 Å². The molecule has 0 aliphatic heterocycles. The Hall–Kier alpha value is -0.830. The Morgan fingerprint density at radius 3 is 2.47 bits per heavy atom. The first-order valence-corrected chi connectivity index (χ1v) is 6.44. The van der Waals surface area contributed by atoms with Gasteiger partial charge in [-0.05, 0) is 30.5 Å². The zero-order valence-electron chi connectivity index (χ0n) is 8.55. The topological polar surface area (TPSA) is 77.8 Å². The zero-order valence-corrected chi connectivity index (χ0v) is 9.44. The van der Waals surface area contributed by atoms with Gasteiger partial charge in [-0.2, -0.15) is 0 Å². The lowest BCUT2D eigenvalue weighted by Gasteiger charge is -2.07. The summed E-state index contributed by atoms with van der Waals surface area (Å²) in [6, 6.07) is 4.08. The third-order valence-electron chi connectivity index (χ3n) is 2.20. The molecule has 3 N–H and O–H groups in total. The summed E-state index contributed by atoms with van der Waals surface area (Å²) >= 11 is 0. The lowest BCUT2D eigenvalue weighted by molar-refractivity contribution is 0.387. The highest BCUT2D eigenvalue weighted by molar-refractivity contribution is 7.60. The number of rotatable bonds is 4. The van der Waals surface area contributed by atoms with Gasteiger partial charge in [0, 0.05) is 0 Å². The molecule has 0 saturated heterocycles. The molecule has 15 heavy (non-hydrogen) atoms. The molecule has 0 heterocycles. The predicted octanol–water partition coefficient (Wildman–Crippen LogP) is 1.54. The number of benzene rings is 1. The molecular weight excluding hydrogens is 215 g/mol. The third kappa shape index (κ3) is 3.34. The third-order valence-corrected chi connectivity index (χ3v) is 3.16. The van der Waals surface area contributed by atoms with Crippen LogP contribution in [0.4, 0.5) is 0 Å². The fourth-order valence-corrected chi connectivity index (χ4v) is 1.87. The first kappa shape index (κ1) is 12.2. The molecule has 1 aromatic carbocycles. The van der Waals surface area contributed by atoms with Crippen LogP contribution >= 0.6 is 7.60 Å². The molecule has 0 unspecified atom stereocenters. The summed E-state index contributed by atoms with van der Waals surface area (Å²) in [6.45, 7) is 2.04. The molecule has 0 saturated carbocycles. The quantitative estimate of drug-likeness (QED) is 0.685. The first-order chi connectivity index (χ1) is 6.95. The Kier molecular flexibility index (Phi) is 3.91. The smallest absolute Gasteiger partial charge is 0.356 e. The van der Waals surface area contributed by atoms with Crippen LogP contribution in [-0.4, -0.2) is 14.9 Å². The molecular formula is C10H15O4P. The van der Waals surface area contributed by atoms with E-state index in [1.54, 1.807) is 6.07 Å². The van der Waals surface area contributed by atoms with Crippen LogP contribution in [0, 0.1) is 0 Å². The molecule has 0 atom stereocenters. The molecule has 1 rings (SSSR count). The monoisotopic (exact) mass is 230 g/mol. The van der Waals surface area contributed by atoms with Gasteiger partial charge in [0.05, 0.1) is 5.30 Å². The lowest BCUT2D eigenvalue weighted by Crippen LogP contribution is -2.03. The van der Waals surface area contributed by atoms with Crippen LogP contribution in [0.25, 0.3) is 0 Å². The number of aryl methyl sites for hydroxylation is 1. The standard InChI is InChI=1S/C10H15O4P/c1-2-3-4-8-5-6-9(7-10(8)11)15(12,13)14/h5-7,11H,2-4H2,1H3,(H2,12,13,14). The summed E-state index contributed by atoms with van der Waals surface area (Å²) < 4.78 is 10.9. The summed E-state index contributed by atoms with van der Waals surface area (Å²) in [5.74, 6) is -0.0377. The van der Waals surface area contributed by atoms with E-state index in [1.165, 1.54) is 6.07 Å².